The lowest BCUT2D eigenvalue weighted by Crippen LogP contribution is -2.47. The quantitative estimate of drug-likeness (QED) is 0.729. The van der Waals surface area contributed by atoms with Crippen LogP contribution in [0.4, 0.5) is 5.82 Å². The smallest absolute Gasteiger partial charge is 0.135 e. The largest absolute Gasteiger partial charge is 0.368 e. The monoisotopic (exact) mass is 348 g/mol. The summed E-state index contributed by atoms with van der Waals surface area (Å²) in [6.45, 7) is 6.87. The number of rotatable bonds is 1. The van der Waals surface area contributed by atoms with Gasteiger partial charge in [-0.1, -0.05) is 18.2 Å². The highest BCUT2D eigenvalue weighted by atomic mass is 16.5. The van der Waals surface area contributed by atoms with E-state index in [9.17, 15) is 0 Å². The van der Waals surface area contributed by atoms with Crippen molar-refractivity contribution in [2.75, 3.05) is 24.6 Å². The number of aromatic nitrogens is 3. The molecule has 1 saturated heterocycles. The molecule has 0 atom stereocenters. The molecular formula is C21H24N4O. The first-order chi connectivity index (χ1) is 12.7. The number of hydrogen-bond donors (Lipinski definition) is 1. The minimum atomic E-state index is -0.181. The van der Waals surface area contributed by atoms with Crippen LogP contribution in [0.25, 0.3) is 10.9 Å². The van der Waals surface area contributed by atoms with Gasteiger partial charge in [0.15, 0.2) is 0 Å². The van der Waals surface area contributed by atoms with Crippen molar-refractivity contribution in [1.82, 2.24) is 15.0 Å². The van der Waals surface area contributed by atoms with Gasteiger partial charge in [0.1, 0.15) is 17.7 Å². The number of hydrogen-bond acceptors (Lipinski definition) is 4. The molecule has 4 heterocycles. The summed E-state index contributed by atoms with van der Waals surface area (Å²) in [5.41, 5.74) is 6.04. The van der Waals surface area contributed by atoms with Crippen LogP contribution in [0, 0.1) is 13.8 Å². The van der Waals surface area contributed by atoms with Crippen LogP contribution >= 0.6 is 0 Å². The Bertz CT molecular complexity index is 969. The Labute approximate surface area is 153 Å². The maximum atomic E-state index is 6.41. The number of ether oxygens (including phenoxy) is 1. The third-order valence-corrected chi connectivity index (χ3v) is 6.18. The minimum absolute atomic E-state index is 0.181. The van der Waals surface area contributed by atoms with Gasteiger partial charge in [-0.15, -0.1) is 0 Å². The molecule has 1 fully saturated rings. The summed E-state index contributed by atoms with van der Waals surface area (Å²) < 4.78 is 6.41. The Hall–Kier alpha value is -2.40. The zero-order chi connectivity index (χ0) is 17.7. The molecule has 2 aliphatic rings. The van der Waals surface area contributed by atoms with E-state index in [1.807, 2.05) is 6.92 Å². The van der Waals surface area contributed by atoms with E-state index in [1.54, 1.807) is 6.33 Å². The third kappa shape index (κ3) is 2.27. The van der Waals surface area contributed by atoms with Crippen LogP contribution in [0.1, 0.15) is 35.4 Å². The van der Waals surface area contributed by atoms with E-state index < -0.39 is 0 Å². The summed E-state index contributed by atoms with van der Waals surface area (Å²) in [5.74, 6) is 1.07. The average Bonchev–Trinajstić information content (AvgIpc) is 3.06. The standard InChI is InChI=1S/C21H24N4O/c1-14-15(2)22-13-23-20(14)25-10-8-21(9-11-25)19-17(7-12-26-21)16-5-3-4-6-18(16)24-19/h3-6,13,24H,7-12H2,1-2H3. The number of para-hydroxylation sites is 1. The van der Waals surface area contributed by atoms with Gasteiger partial charge in [0.05, 0.1) is 12.3 Å². The summed E-state index contributed by atoms with van der Waals surface area (Å²) in [6, 6.07) is 8.62. The molecule has 5 heteroatoms. The summed E-state index contributed by atoms with van der Waals surface area (Å²) >= 11 is 0. The fraction of sp³-hybridized carbons (Fsp3) is 0.429. The number of aryl methyl sites for hydroxylation is 1. The molecule has 3 aromatic rings. The van der Waals surface area contributed by atoms with Crippen molar-refractivity contribution in [3.8, 4) is 0 Å². The molecule has 2 aromatic heterocycles. The van der Waals surface area contributed by atoms with E-state index >= 15 is 0 Å². The molecule has 1 N–H and O–H groups in total. The normalized spacial score (nSPS) is 19.1. The van der Waals surface area contributed by atoms with Crippen molar-refractivity contribution in [2.45, 2.75) is 38.7 Å². The Morgan fingerprint density at radius 3 is 2.77 bits per heavy atom. The highest BCUT2D eigenvalue weighted by molar-refractivity contribution is 5.85. The lowest BCUT2D eigenvalue weighted by atomic mass is 9.83. The van der Waals surface area contributed by atoms with Gasteiger partial charge >= 0.3 is 0 Å². The van der Waals surface area contributed by atoms with E-state index in [-0.39, 0.29) is 5.60 Å². The predicted molar refractivity (Wildman–Crippen MR) is 103 cm³/mol. The predicted octanol–water partition coefficient (Wildman–Crippen LogP) is 3.64. The fourth-order valence-corrected chi connectivity index (χ4v) is 4.59. The third-order valence-electron chi connectivity index (χ3n) is 6.18. The van der Waals surface area contributed by atoms with Gasteiger partial charge < -0.3 is 14.6 Å². The number of aromatic amines is 1. The van der Waals surface area contributed by atoms with E-state index in [4.69, 9.17) is 4.74 Å². The highest BCUT2D eigenvalue weighted by Crippen LogP contribution is 2.44. The number of benzene rings is 1. The van der Waals surface area contributed by atoms with Crippen molar-refractivity contribution in [1.29, 1.82) is 0 Å². The zero-order valence-electron chi connectivity index (χ0n) is 15.4. The Morgan fingerprint density at radius 2 is 1.92 bits per heavy atom. The highest BCUT2D eigenvalue weighted by Gasteiger charge is 2.43. The van der Waals surface area contributed by atoms with Gasteiger partial charge in [-0.3, -0.25) is 0 Å². The number of nitrogens with one attached hydrogen (secondary N) is 1. The Balaban J connectivity index is 1.48. The van der Waals surface area contributed by atoms with Gasteiger partial charge in [0.2, 0.25) is 0 Å². The molecule has 5 nitrogen and oxygen atoms in total. The van der Waals surface area contributed by atoms with Crippen molar-refractivity contribution in [3.05, 3.63) is 53.1 Å². The molecule has 5 rings (SSSR count). The topological polar surface area (TPSA) is 54.0 Å². The molecule has 0 unspecified atom stereocenters. The summed E-state index contributed by atoms with van der Waals surface area (Å²) in [6.07, 6.45) is 4.63. The maximum Gasteiger partial charge on any atom is 0.135 e. The van der Waals surface area contributed by atoms with Gasteiger partial charge in [-0.05, 0) is 44.7 Å². The minimum Gasteiger partial charge on any atom is -0.368 e. The van der Waals surface area contributed by atoms with Crippen molar-refractivity contribution >= 4 is 16.7 Å². The van der Waals surface area contributed by atoms with E-state index in [0.29, 0.717) is 0 Å². The van der Waals surface area contributed by atoms with Gasteiger partial charge in [0.25, 0.3) is 0 Å². The molecule has 1 aromatic carbocycles. The zero-order valence-corrected chi connectivity index (χ0v) is 15.4. The lowest BCUT2D eigenvalue weighted by molar-refractivity contribution is -0.0791. The Kier molecular flexibility index (Phi) is 3.54. The van der Waals surface area contributed by atoms with Crippen LogP contribution < -0.4 is 4.90 Å². The molecule has 0 amide bonds. The molecule has 26 heavy (non-hydrogen) atoms. The molecule has 0 aliphatic carbocycles. The molecule has 0 saturated carbocycles. The molecule has 0 radical (unpaired) electrons. The van der Waals surface area contributed by atoms with Crippen molar-refractivity contribution in [2.24, 2.45) is 0 Å². The molecule has 0 bridgehead atoms. The second kappa shape index (κ2) is 5.81. The number of nitrogens with zero attached hydrogens (tertiary/aromatic N) is 3. The van der Waals surface area contributed by atoms with Gasteiger partial charge in [-0.2, -0.15) is 0 Å². The molecule has 1 spiro atoms. The van der Waals surface area contributed by atoms with Crippen LogP contribution in [-0.2, 0) is 16.8 Å². The van der Waals surface area contributed by atoms with Crippen LogP contribution in [-0.4, -0.2) is 34.6 Å². The van der Waals surface area contributed by atoms with Crippen molar-refractivity contribution in [3.63, 3.8) is 0 Å². The number of piperidine rings is 1. The van der Waals surface area contributed by atoms with Crippen LogP contribution in [0.5, 0.6) is 0 Å². The maximum absolute atomic E-state index is 6.41. The SMILES string of the molecule is Cc1ncnc(N2CCC3(CC2)OCCc2c3[nH]c3ccccc23)c1C. The fourth-order valence-electron chi connectivity index (χ4n) is 4.59. The first kappa shape index (κ1) is 15.8. The summed E-state index contributed by atoms with van der Waals surface area (Å²) in [4.78, 5) is 14.9. The van der Waals surface area contributed by atoms with Gasteiger partial charge in [0, 0.05) is 35.2 Å². The molecular weight excluding hydrogens is 324 g/mol. The van der Waals surface area contributed by atoms with E-state index in [2.05, 4.69) is 51.0 Å². The first-order valence-electron chi connectivity index (χ1n) is 9.45. The molecule has 134 valence electrons. The Morgan fingerprint density at radius 1 is 1.12 bits per heavy atom. The van der Waals surface area contributed by atoms with Crippen LogP contribution in [0.15, 0.2) is 30.6 Å². The second-order valence-corrected chi connectivity index (χ2v) is 7.51. The van der Waals surface area contributed by atoms with Crippen LogP contribution in [0.3, 0.4) is 0 Å². The first-order valence-corrected chi connectivity index (χ1v) is 9.45. The van der Waals surface area contributed by atoms with E-state index in [0.717, 1.165) is 50.5 Å². The number of H-pyrrole nitrogens is 1. The number of fused-ring (bicyclic) bond motifs is 4. The van der Waals surface area contributed by atoms with Gasteiger partial charge in [-0.25, -0.2) is 9.97 Å². The average molecular weight is 348 g/mol. The molecule has 2 aliphatic heterocycles. The lowest BCUT2D eigenvalue weighted by Gasteiger charge is -2.44. The van der Waals surface area contributed by atoms with Crippen LogP contribution in [0.2, 0.25) is 0 Å². The van der Waals surface area contributed by atoms with Crippen molar-refractivity contribution < 1.29 is 4.74 Å². The number of anilines is 1. The summed E-state index contributed by atoms with van der Waals surface area (Å²) in [5, 5.41) is 1.36. The van der Waals surface area contributed by atoms with E-state index in [1.165, 1.54) is 27.7 Å². The second-order valence-electron chi connectivity index (χ2n) is 7.51. The summed E-state index contributed by atoms with van der Waals surface area (Å²) in [7, 11) is 0.